The number of carbonyl (C=O) groups is 1. The SMILES string of the molecule is CC(=O)O/N=C1\COC2=C1C1CC=CC=C1C=C2. The van der Waals surface area contributed by atoms with E-state index >= 15 is 0 Å². The Balaban J connectivity index is 1.94. The summed E-state index contributed by atoms with van der Waals surface area (Å²) >= 11 is 0. The molecule has 0 aromatic carbocycles. The van der Waals surface area contributed by atoms with Gasteiger partial charge in [-0.05, 0) is 18.1 Å². The van der Waals surface area contributed by atoms with Gasteiger partial charge in [0.25, 0.3) is 0 Å². The lowest BCUT2D eigenvalue weighted by atomic mass is 9.80. The molecule has 1 atom stereocenters. The highest BCUT2D eigenvalue weighted by atomic mass is 16.7. The molecule has 0 bridgehead atoms. The number of ether oxygens (including phenoxy) is 1. The summed E-state index contributed by atoms with van der Waals surface area (Å²) in [7, 11) is 0. The third kappa shape index (κ3) is 1.79. The lowest BCUT2D eigenvalue weighted by Gasteiger charge is -2.23. The van der Waals surface area contributed by atoms with E-state index < -0.39 is 5.97 Å². The fourth-order valence-electron chi connectivity index (χ4n) is 2.42. The van der Waals surface area contributed by atoms with E-state index in [1.54, 1.807) is 0 Å². The molecule has 0 aromatic heterocycles. The quantitative estimate of drug-likeness (QED) is 0.524. The van der Waals surface area contributed by atoms with E-state index in [2.05, 4.69) is 29.5 Å². The molecule has 0 amide bonds. The summed E-state index contributed by atoms with van der Waals surface area (Å²) < 4.78 is 5.57. The highest BCUT2D eigenvalue weighted by molar-refractivity contribution is 6.05. The van der Waals surface area contributed by atoms with Crippen molar-refractivity contribution in [2.24, 2.45) is 11.1 Å². The van der Waals surface area contributed by atoms with Gasteiger partial charge in [0.1, 0.15) is 18.1 Å². The molecule has 0 saturated carbocycles. The summed E-state index contributed by atoms with van der Waals surface area (Å²) in [4.78, 5) is 15.5. The molecule has 0 saturated heterocycles. The zero-order valence-electron chi connectivity index (χ0n) is 10.1. The van der Waals surface area contributed by atoms with Gasteiger partial charge in [-0.25, -0.2) is 4.79 Å². The molecular weight excluding hydrogens is 230 g/mol. The maximum atomic E-state index is 10.8. The molecule has 1 unspecified atom stereocenters. The van der Waals surface area contributed by atoms with Gasteiger partial charge in [-0.2, -0.15) is 0 Å². The molecule has 1 heterocycles. The Morgan fingerprint density at radius 1 is 1.50 bits per heavy atom. The average Bonchev–Trinajstić information content (AvgIpc) is 2.80. The first-order chi connectivity index (χ1) is 8.75. The Morgan fingerprint density at radius 3 is 3.22 bits per heavy atom. The first-order valence-electron chi connectivity index (χ1n) is 5.92. The molecule has 3 aliphatic rings. The van der Waals surface area contributed by atoms with Crippen LogP contribution in [0.3, 0.4) is 0 Å². The molecule has 4 nitrogen and oxygen atoms in total. The van der Waals surface area contributed by atoms with Gasteiger partial charge in [0, 0.05) is 18.4 Å². The topological polar surface area (TPSA) is 47.9 Å². The minimum atomic E-state index is -0.415. The predicted molar refractivity (Wildman–Crippen MR) is 66.6 cm³/mol. The van der Waals surface area contributed by atoms with Crippen LogP contribution in [-0.4, -0.2) is 18.3 Å². The molecule has 92 valence electrons. The van der Waals surface area contributed by atoms with Crippen LogP contribution in [0.4, 0.5) is 0 Å². The molecule has 0 N–H and O–H groups in total. The summed E-state index contributed by atoms with van der Waals surface area (Å²) in [6.07, 6.45) is 11.2. The number of rotatable bonds is 1. The van der Waals surface area contributed by atoms with E-state index in [4.69, 9.17) is 9.57 Å². The summed E-state index contributed by atoms with van der Waals surface area (Å²) in [5, 5.41) is 3.90. The van der Waals surface area contributed by atoms with E-state index in [1.165, 1.54) is 12.5 Å². The molecule has 0 aromatic rings. The Morgan fingerprint density at radius 2 is 2.39 bits per heavy atom. The Bertz CT molecular complexity index is 549. The minimum Gasteiger partial charge on any atom is -0.487 e. The first-order valence-corrected chi connectivity index (χ1v) is 5.92. The molecule has 0 fully saturated rings. The Labute approximate surface area is 105 Å². The van der Waals surface area contributed by atoms with Crippen LogP contribution in [0, 0.1) is 5.92 Å². The van der Waals surface area contributed by atoms with E-state index in [0.717, 1.165) is 23.5 Å². The summed E-state index contributed by atoms with van der Waals surface area (Å²) in [6.45, 7) is 1.71. The zero-order chi connectivity index (χ0) is 12.5. The number of carbonyl (C=O) groups excluding carboxylic acids is 1. The molecule has 18 heavy (non-hydrogen) atoms. The summed E-state index contributed by atoms with van der Waals surface area (Å²) in [5.41, 5.74) is 3.02. The first kappa shape index (κ1) is 11.0. The van der Waals surface area contributed by atoms with Crippen molar-refractivity contribution >= 4 is 11.7 Å². The highest BCUT2D eigenvalue weighted by Crippen LogP contribution is 2.38. The normalized spacial score (nSPS) is 26.6. The lowest BCUT2D eigenvalue weighted by Crippen LogP contribution is -2.17. The van der Waals surface area contributed by atoms with Crippen LogP contribution in [0.2, 0.25) is 0 Å². The maximum Gasteiger partial charge on any atom is 0.331 e. The van der Waals surface area contributed by atoms with Crippen molar-refractivity contribution in [3.8, 4) is 0 Å². The lowest BCUT2D eigenvalue weighted by molar-refractivity contribution is -0.140. The molecule has 0 spiro atoms. The van der Waals surface area contributed by atoms with Gasteiger partial charge < -0.3 is 9.57 Å². The maximum absolute atomic E-state index is 10.8. The number of hydrogen-bond donors (Lipinski definition) is 0. The largest absolute Gasteiger partial charge is 0.487 e. The monoisotopic (exact) mass is 243 g/mol. The number of nitrogens with zero attached hydrogens (tertiary/aromatic N) is 1. The third-order valence-electron chi connectivity index (χ3n) is 3.20. The van der Waals surface area contributed by atoms with Crippen molar-refractivity contribution in [1.82, 2.24) is 0 Å². The van der Waals surface area contributed by atoms with Crippen molar-refractivity contribution in [3.63, 3.8) is 0 Å². The summed E-state index contributed by atoms with van der Waals surface area (Å²) in [6, 6.07) is 0. The highest BCUT2D eigenvalue weighted by Gasteiger charge is 2.33. The molecular formula is C14H13NO3. The zero-order valence-corrected chi connectivity index (χ0v) is 10.1. The number of allylic oxidation sites excluding steroid dienone is 6. The molecule has 0 radical (unpaired) electrons. The predicted octanol–water partition coefficient (Wildman–Crippen LogP) is 2.26. The summed E-state index contributed by atoms with van der Waals surface area (Å²) in [5.74, 6) is 0.701. The molecule has 2 aliphatic carbocycles. The number of oxime groups is 1. The van der Waals surface area contributed by atoms with Crippen molar-refractivity contribution < 1.29 is 14.4 Å². The van der Waals surface area contributed by atoms with E-state index in [1.807, 2.05) is 6.08 Å². The van der Waals surface area contributed by atoms with Crippen LogP contribution < -0.4 is 0 Å². The van der Waals surface area contributed by atoms with Crippen LogP contribution in [0.15, 0.2) is 52.4 Å². The van der Waals surface area contributed by atoms with Crippen LogP contribution in [0.5, 0.6) is 0 Å². The standard InChI is InChI=1S/C14H13NO3/c1-9(16)18-15-12-8-17-13-7-6-10-4-2-3-5-11(10)14(12)13/h2-4,6-7,11H,5,8H2,1H3/b15-12+. The van der Waals surface area contributed by atoms with Crippen LogP contribution in [-0.2, 0) is 14.4 Å². The number of fused-ring (bicyclic) bond motifs is 2. The van der Waals surface area contributed by atoms with Crippen molar-refractivity contribution in [2.45, 2.75) is 13.3 Å². The van der Waals surface area contributed by atoms with E-state index in [-0.39, 0.29) is 5.92 Å². The molecule has 1 aliphatic heterocycles. The van der Waals surface area contributed by atoms with Crippen molar-refractivity contribution in [2.75, 3.05) is 6.61 Å². The van der Waals surface area contributed by atoms with Gasteiger partial charge in [0.05, 0.1) is 0 Å². The second-order valence-electron chi connectivity index (χ2n) is 4.40. The smallest absolute Gasteiger partial charge is 0.331 e. The van der Waals surface area contributed by atoms with Gasteiger partial charge in [0.15, 0.2) is 0 Å². The minimum absolute atomic E-state index is 0.270. The number of hydrogen-bond acceptors (Lipinski definition) is 4. The Kier molecular flexibility index (Phi) is 2.63. The molecule has 3 rings (SSSR count). The van der Waals surface area contributed by atoms with Gasteiger partial charge in [-0.15, -0.1) is 0 Å². The van der Waals surface area contributed by atoms with Crippen molar-refractivity contribution in [1.29, 1.82) is 0 Å². The van der Waals surface area contributed by atoms with Gasteiger partial charge in [-0.1, -0.05) is 29.5 Å². The fraction of sp³-hybridized carbons (Fsp3) is 0.286. The van der Waals surface area contributed by atoms with Gasteiger partial charge in [0.2, 0.25) is 0 Å². The average molecular weight is 243 g/mol. The second-order valence-corrected chi connectivity index (χ2v) is 4.40. The van der Waals surface area contributed by atoms with E-state index in [0.29, 0.717) is 6.61 Å². The van der Waals surface area contributed by atoms with Crippen LogP contribution in [0.1, 0.15) is 13.3 Å². The van der Waals surface area contributed by atoms with Crippen LogP contribution >= 0.6 is 0 Å². The van der Waals surface area contributed by atoms with Gasteiger partial charge in [-0.3, -0.25) is 0 Å². The van der Waals surface area contributed by atoms with E-state index in [9.17, 15) is 4.79 Å². The third-order valence-corrected chi connectivity index (χ3v) is 3.20. The van der Waals surface area contributed by atoms with Crippen LogP contribution in [0.25, 0.3) is 0 Å². The fourth-order valence-corrected chi connectivity index (χ4v) is 2.42. The van der Waals surface area contributed by atoms with Crippen molar-refractivity contribution in [3.05, 3.63) is 47.3 Å². The second kappa shape index (κ2) is 4.29. The Hall–Kier alpha value is -2.10. The van der Waals surface area contributed by atoms with Gasteiger partial charge >= 0.3 is 5.97 Å². The molecule has 4 heteroatoms.